The van der Waals surface area contributed by atoms with Crippen LogP contribution in [0.2, 0.25) is 0 Å². The van der Waals surface area contributed by atoms with E-state index in [-0.39, 0.29) is 72.4 Å². The summed E-state index contributed by atoms with van der Waals surface area (Å²) in [5.41, 5.74) is -3.93. The maximum absolute atomic E-state index is 14.7. The Morgan fingerprint density at radius 2 is 1.66 bits per heavy atom. The van der Waals surface area contributed by atoms with Gasteiger partial charge in [0.2, 0.25) is 5.78 Å². The van der Waals surface area contributed by atoms with Gasteiger partial charge in [-0.05, 0) is 67.3 Å². The highest BCUT2D eigenvalue weighted by Gasteiger charge is 2.71. The second-order valence-electron chi connectivity index (χ2n) is 15.1. The van der Waals surface area contributed by atoms with Gasteiger partial charge in [0.05, 0.1) is 18.6 Å². The zero-order valence-electron chi connectivity index (χ0n) is 29.9. The summed E-state index contributed by atoms with van der Waals surface area (Å²) in [5.74, 6) is -6.59. The summed E-state index contributed by atoms with van der Waals surface area (Å²) in [6.45, 7) is 13.8. The highest BCUT2D eigenvalue weighted by molar-refractivity contribution is 6.25. The first kappa shape index (κ1) is 36.7. The number of carbonyl (C=O) groups is 5. The second-order valence-corrected chi connectivity index (χ2v) is 15.1. The number of aliphatic hydroxyl groups excluding tert-OH is 2. The van der Waals surface area contributed by atoms with E-state index in [4.69, 9.17) is 4.74 Å². The summed E-state index contributed by atoms with van der Waals surface area (Å²) in [6.07, 6.45) is 0.00700. The standard InChI is InChI=1S/C40H46O10/c1-9-50-28(43)14-13-27(42)23-12-10-11-22(15-23)25-16-24(19(2)3)26-17-38(7)18-39(8)31(20(4)5)34(45)29(21(6)41)36(47)40(39,49)37(48)32(38)35(46)30(26)33(25)44/h10-12,15-16,19-20,31,44-45,48-49H,9,13-14,17-18H2,1-8H3/t31?,38-,39-,40+/m1/s1. The number of carbonyl (C=O) groups excluding carboxylic acids is 5. The van der Waals surface area contributed by atoms with Crippen molar-refractivity contribution in [2.75, 3.05) is 6.61 Å². The topological polar surface area (TPSA) is 176 Å². The molecular formula is C40H46O10. The lowest BCUT2D eigenvalue weighted by Gasteiger charge is -2.59. The summed E-state index contributed by atoms with van der Waals surface area (Å²) in [6, 6.07) is 8.30. The molecule has 0 fully saturated rings. The molecule has 0 amide bonds. The molecule has 2 aromatic carbocycles. The zero-order chi connectivity index (χ0) is 37.2. The zero-order valence-corrected chi connectivity index (χ0v) is 29.9. The summed E-state index contributed by atoms with van der Waals surface area (Å²) < 4.78 is 4.93. The molecule has 5 rings (SSSR count). The predicted octanol–water partition coefficient (Wildman–Crippen LogP) is 6.66. The Morgan fingerprint density at radius 3 is 2.24 bits per heavy atom. The number of phenols is 1. The number of fused-ring (bicyclic) bond motifs is 3. The van der Waals surface area contributed by atoms with Crippen molar-refractivity contribution in [2.45, 2.75) is 92.6 Å². The van der Waals surface area contributed by atoms with Crippen molar-refractivity contribution in [3.8, 4) is 16.9 Å². The summed E-state index contributed by atoms with van der Waals surface area (Å²) in [7, 11) is 0. The number of ketones is 4. The maximum Gasteiger partial charge on any atom is 0.306 e. The van der Waals surface area contributed by atoms with E-state index in [0.717, 1.165) is 12.5 Å². The number of Topliss-reactive ketones (excluding diaryl/α,β-unsaturated/α-hetero) is 4. The van der Waals surface area contributed by atoms with Gasteiger partial charge in [-0.1, -0.05) is 59.7 Å². The Kier molecular flexibility index (Phi) is 9.28. The molecule has 3 aliphatic rings. The van der Waals surface area contributed by atoms with Crippen molar-refractivity contribution >= 4 is 29.1 Å². The molecule has 266 valence electrons. The van der Waals surface area contributed by atoms with Crippen LogP contribution >= 0.6 is 0 Å². The van der Waals surface area contributed by atoms with Crippen molar-refractivity contribution in [3.05, 3.63) is 75.3 Å². The number of allylic oxidation sites excluding steroid dienone is 2. The average Bonchev–Trinajstić information content (AvgIpc) is 3.01. The molecule has 0 bridgehead atoms. The number of aliphatic hydroxyl groups is 3. The first-order valence-electron chi connectivity index (χ1n) is 17.1. The molecule has 1 unspecified atom stereocenters. The number of rotatable bonds is 9. The fourth-order valence-corrected chi connectivity index (χ4v) is 9.02. The van der Waals surface area contributed by atoms with Gasteiger partial charge >= 0.3 is 5.97 Å². The minimum absolute atomic E-state index is 0.000902. The molecule has 0 spiro atoms. The number of hydrogen-bond donors (Lipinski definition) is 4. The summed E-state index contributed by atoms with van der Waals surface area (Å²) >= 11 is 0. The molecule has 2 aromatic rings. The van der Waals surface area contributed by atoms with Crippen LogP contribution in [0, 0.1) is 22.7 Å². The van der Waals surface area contributed by atoms with Crippen LogP contribution in [0.25, 0.3) is 11.1 Å². The third-order valence-corrected chi connectivity index (χ3v) is 11.0. The number of phenolic OH excluding ortho intramolecular Hbond substituents is 1. The van der Waals surface area contributed by atoms with Crippen molar-refractivity contribution < 1.29 is 49.1 Å². The lowest BCUT2D eigenvalue weighted by Crippen LogP contribution is -2.67. The fraction of sp³-hybridized carbons (Fsp3) is 0.475. The summed E-state index contributed by atoms with van der Waals surface area (Å²) in [5, 5.41) is 47.6. The lowest BCUT2D eigenvalue weighted by molar-refractivity contribution is -0.171. The fourth-order valence-electron chi connectivity index (χ4n) is 9.02. The molecule has 0 aromatic heterocycles. The number of aromatic hydroxyl groups is 1. The smallest absolute Gasteiger partial charge is 0.306 e. The van der Waals surface area contributed by atoms with E-state index in [2.05, 4.69) is 0 Å². The Balaban J connectivity index is 1.70. The van der Waals surface area contributed by atoms with Crippen LogP contribution in [0.5, 0.6) is 5.75 Å². The van der Waals surface area contributed by atoms with Crippen LogP contribution < -0.4 is 0 Å². The van der Waals surface area contributed by atoms with Gasteiger partial charge in [0, 0.05) is 39.9 Å². The normalized spacial score (nSPS) is 26.2. The van der Waals surface area contributed by atoms with Crippen LogP contribution in [0.4, 0.5) is 0 Å². The summed E-state index contributed by atoms with van der Waals surface area (Å²) in [4.78, 5) is 66.3. The number of ether oxygens (including phenoxy) is 1. The van der Waals surface area contributed by atoms with E-state index in [1.807, 2.05) is 13.8 Å². The first-order chi connectivity index (χ1) is 23.3. The van der Waals surface area contributed by atoms with Gasteiger partial charge in [-0.2, -0.15) is 0 Å². The third kappa shape index (κ3) is 5.30. The van der Waals surface area contributed by atoms with Gasteiger partial charge in [-0.25, -0.2) is 0 Å². The SMILES string of the molecule is CCOC(=O)CCC(=O)c1cccc(-c2cc(C(C)C)c3c(c2O)C(=O)C2=C(O)[C@@]4(O)C(=O)C(C(C)=O)=C(O)C(C(C)C)[C@@]4(C)C[C@@]2(C)C3)c1. The van der Waals surface area contributed by atoms with Gasteiger partial charge in [0.1, 0.15) is 22.8 Å². The number of benzene rings is 2. The Bertz CT molecular complexity index is 1910. The lowest BCUT2D eigenvalue weighted by atomic mass is 9.44. The highest BCUT2D eigenvalue weighted by Crippen LogP contribution is 2.65. The van der Waals surface area contributed by atoms with Crippen LogP contribution in [0.1, 0.15) is 112 Å². The van der Waals surface area contributed by atoms with Gasteiger partial charge in [-0.3, -0.25) is 24.0 Å². The largest absolute Gasteiger partial charge is 0.511 e. The monoisotopic (exact) mass is 686 g/mol. The van der Waals surface area contributed by atoms with E-state index < -0.39 is 62.8 Å². The molecule has 0 saturated carbocycles. The number of esters is 1. The molecule has 0 radical (unpaired) electrons. The molecule has 0 aliphatic heterocycles. The second kappa shape index (κ2) is 12.6. The maximum atomic E-state index is 14.7. The van der Waals surface area contributed by atoms with E-state index in [0.29, 0.717) is 16.7 Å². The van der Waals surface area contributed by atoms with Crippen LogP contribution in [-0.2, 0) is 25.5 Å². The molecule has 50 heavy (non-hydrogen) atoms. The third-order valence-electron chi connectivity index (χ3n) is 11.0. The molecule has 0 heterocycles. The minimum atomic E-state index is -2.70. The Hall–Kier alpha value is -4.57. The van der Waals surface area contributed by atoms with Gasteiger partial charge in [-0.15, -0.1) is 0 Å². The quantitative estimate of drug-likeness (QED) is 0.127. The van der Waals surface area contributed by atoms with Crippen molar-refractivity contribution in [1.29, 1.82) is 0 Å². The highest BCUT2D eigenvalue weighted by atomic mass is 16.5. The average molecular weight is 687 g/mol. The van der Waals surface area contributed by atoms with Crippen LogP contribution in [0.3, 0.4) is 0 Å². The van der Waals surface area contributed by atoms with E-state index in [1.165, 1.54) is 0 Å². The van der Waals surface area contributed by atoms with Crippen LogP contribution in [-0.4, -0.2) is 61.7 Å². The van der Waals surface area contributed by atoms with E-state index >= 15 is 0 Å². The molecule has 10 nitrogen and oxygen atoms in total. The van der Waals surface area contributed by atoms with E-state index in [1.54, 1.807) is 65.0 Å². The Labute approximate surface area is 291 Å². The molecule has 4 atom stereocenters. The van der Waals surface area contributed by atoms with Crippen molar-refractivity contribution in [3.63, 3.8) is 0 Å². The molecule has 0 saturated heterocycles. The number of hydrogen-bond acceptors (Lipinski definition) is 10. The van der Waals surface area contributed by atoms with Gasteiger partial charge in [0.15, 0.2) is 23.0 Å². The van der Waals surface area contributed by atoms with Gasteiger partial charge in [0.25, 0.3) is 0 Å². The van der Waals surface area contributed by atoms with Crippen molar-refractivity contribution in [2.24, 2.45) is 22.7 Å². The minimum Gasteiger partial charge on any atom is -0.511 e. The molecule has 10 heteroatoms. The molecule has 3 aliphatic carbocycles. The predicted molar refractivity (Wildman–Crippen MR) is 185 cm³/mol. The van der Waals surface area contributed by atoms with Gasteiger partial charge < -0.3 is 25.2 Å². The first-order valence-corrected chi connectivity index (χ1v) is 17.1. The Morgan fingerprint density at radius 1 is 1.00 bits per heavy atom. The van der Waals surface area contributed by atoms with Crippen molar-refractivity contribution in [1.82, 2.24) is 0 Å². The van der Waals surface area contributed by atoms with Crippen LogP contribution in [0.15, 0.2) is 53.0 Å². The van der Waals surface area contributed by atoms with E-state index in [9.17, 15) is 44.4 Å². The molecule has 4 N–H and O–H groups in total. The molecular weight excluding hydrogens is 640 g/mol.